The zero-order valence-corrected chi connectivity index (χ0v) is 12.0. The minimum atomic E-state index is -0.744. The van der Waals surface area contributed by atoms with E-state index in [1.54, 1.807) is 18.3 Å². The van der Waals surface area contributed by atoms with Crippen LogP contribution in [0.5, 0.6) is 0 Å². The molecule has 1 aliphatic carbocycles. The summed E-state index contributed by atoms with van der Waals surface area (Å²) in [5.74, 6) is 0.281. The molecule has 1 amide bonds. The molecule has 108 valence electrons. The van der Waals surface area contributed by atoms with Crippen LogP contribution in [0.1, 0.15) is 40.7 Å². The second-order valence-corrected chi connectivity index (χ2v) is 5.64. The second-order valence-electron chi connectivity index (χ2n) is 5.64. The molecule has 0 saturated heterocycles. The van der Waals surface area contributed by atoms with Crippen LogP contribution in [-0.4, -0.2) is 16.0 Å². The van der Waals surface area contributed by atoms with Gasteiger partial charge in [0.2, 0.25) is 0 Å². The molecule has 0 bridgehead atoms. The molecule has 2 aromatic rings. The van der Waals surface area contributed by atoms with Crippen molar-refractivity contribution in [2.75, 3.05) is 5.32 Å². The standard InChI is InChI=1S/C17H18N2O2/c1-12-4-2-5-13(10-12)16(20)19-15-11-14(6-9-18-15)17(21)7-3-8-17/h2,4-6,9-11,21H,3,7-8H2,1H3,(H,18,19,20). The molecule has 0 radical (unpaired) electrons. The first kappa shape index (κ1) is 13.8. The van der Waals surface area contributed by atoms with E-state index in [1.165, 1.54) is 0 Å². The maximum absolute atomic E-state index is 12.2. The topological polar surface area (TPSA) is 62.2 Å². The summed E-state index contributed by atoms with van der Waals surface area (Å²) < 4.78 is 0. The van der Waals surface area contributed by atoms with E-state index in [0.717, 1.165) is 30.4 Å². The van der Waals surface area contributed by atoms with Crippen LogP contribution in [0.25, 0.3) is 0 Å². The number of pyridine rings is 1. The molecule has 4 heteroatoms. The number of nitrogens with zero attached hydrogens (tertiary/aromatic N) is 1. The summed E-state index contributed by atoms with van der Waals surface area (Å²) in [5.41, 5.74) is 1.71. The molecular formula is C17H18N2O2. The molecule has 3 rings (SSSR count). The average molecular weight is 282 g/mol. The minimum Gasteiger partial charge on any atom is -0.385 e. The van der Waals surface area contributed by atoms with E-state index >= 15 is 0 Å². The van der Waals surface area contributed by atoms with Crippen molar-refractivity contribution in [3.05, 3.63) is 59.3 Å². The predicted molar refractivity (Wildman–Crippen MR) is 81.1 cm³/mol. The second kappa shape index (κ2) is 5.30. The number of carbonyl (C=O) groups excluding carboxylic acids is 1. The maximum atomic E-state index is 12.2. The molecule has 1 fully saturated rings. The molecule has 1 aromatic carbocycles. The SMILES string of the molecule is Cc1cccc(C(=O)Nc2cc(C3(O)CCC3)ccn2)c1. The first-order chi connectivity index (χ1) is 10.1. The van der Waals surface area contributed by atoms with Gasteiger partial charge in [-0.15, -0.1) is 0 Å². The van der Waals surface area contributed by atoms with Gasteiger partial charge in [-0.1, -0.05) is 17.7 Å². The number of rotatable bonds is 3. The molecule has 2 N–H and O–H groups in total. The van der Waals surface area contributed by atoms with Gasteiger partial charge in [0.15, 0.2) is 0 Å². The molecule has 0 unspecified atom stereocenters. The molecule has 0 aliphatic heterocycles. The van der Waals surface area contributed by atoms with Crippen molar-refractivity contribution in [3.63, 3.8) is 0 Å². The Balaban J connectivity index is 1.79. The Morgan fingerprint density at radius 3 is 2.76 bits per heavy atom. The highest BCUT2D eigenvalue weighted by atomic mass is 16.3. The third-order valence-corrected chi connectivity index (χ3v) is 4.00. The molecule has 0 atom stereocenters. The van der Waals surface area contributed by atoms with Crippen molar-refractivity contribution in [2.45, 2.75) is 31.8 Å². The van der Waals surface area contributed by atoms with E-state index in [1.807, 2.05) is 31.2 Å². The van der Waals surface area contributed by atoms with Gasteiger partial charge >= 0.3 is 0 Å². The number of benzene rings is 1. The number of anilines is 1. The van der Waals surface area contributed by atoms with Crippen molar-refractivity contribution in [2.24, 2.45) is 0 Å². The Morgan fingerprint density at radius 1 is 1.29 bits per heavy atom. The summed E-state index contributed by atoms with van der Waals surface area (Å²) in [6.45, 7) is 1.95. The lowest BCUT2D eigenvalue weighted by molar-refractivity contribution is -0.0388. The van der Waals surface area contributed by atoms with Crippen LogP contribution in [0.15, 0.2) is 42.6 Å². The largest absolute Gasteiger partial charge is 0.385 e. The van der Waals surface area contributed by atoms with Gasteiger partial charge in [-0.25, -0.2) is 4.98 Å². The van der Waals surface area contributed by atoms with E-state index in [-0.39, 0.29) is 5.91 Å². The molecule has 1 saturated carbocycles. The third-order valence-electron chi connectivity index (χ3n) is 4.00. The Labute approximate surface area is 123 Å². The summed E-state index contributed by atoms with van der Waals surface area (Å²) in [4.78, 5) is 16.4. The maximum Gasteiger partial charge on any atom is 0.256 e. The lowest BCUT2D eigenvalue weighted by Gasteiger charge is -2.37. The predicted octanol–water partition coefficient (Wildman–Crippen LogP) is 3.01. The van der Waals surface area contributed by atoms with Crippen molar-refractivity contribution < 1.29 is 9.90 Å². The lowest BCUT2D eigenvalue weighted by Crippen LogP contribution is -2.33. The number of nitrogens with one attached hydrogen (secondary N) is 1. The van der Waals surface area contributed by atoms with Crippen molar-refractivity contribution in [3.8, 4) is 0 Å². The number of amides is 1. The van der Waals surface area contributed by atoms with E-state index in [9.17, 15) is 9.90 Å². The van der Waals surface area contributed by atoms with Gasteiger partial charge in [0.05, 0.1) is 5.60 Å². The lowest BCUT2D eigenvalue weighted by atomic mass is 9.75. The molecule has 1 heterocycles. The van der Waals surface area contributed by atoms with Crippen LogP contribution in [0, 0.1) is 6.92 Å². The molecule has 1 aromatic heterocycles. The number of aliphatic hydroxyl groups is 1. The van der Waals surface area contributed by atoms with Crippen LogP contribution in [-0.2, 0) is 5.60 Å². The molecule has 4 nitrogen and oxygen atoms in total. The van der Waals surface area contributed by atoms with Gasteiger partial charge in [0.1, 0.15) is 5.82 Å². The van der Waals surface area contributed by atoms with Gasteiger partial charge < -0.3 is 10.4 Å². The summed E-state index contributed by atoms with van der Waals surface area (Å²) in [5, 5.41) is 13.1. The summed E-state index contributed by atoms with van der Waals surface area (Å²) in [6.07, 6.45) is 4.19. The minimum absolute atomic E-state index is 0.191. The number of aromatic nitrogens is 1. The summed E-state index contributed by atoms with van der Waals surface area (Å²) in [6, 6.07) is 11.0. The van der Waals surface area contributed by atoms with Crippen molar-refractivity contribution >= 4 is 11.7 Å². The van der Waals surface area contributed by atoms with Gasteiger partial charge in [0, 0.05) is 11.8 Å². The monoisotopic (exact) mass is 282 g/mol. The Hall–Kier alpha value is -2.20. The Kier molecular flexibility index (Phi) is 3.47. The third kappa shape index (κ3) is 2.81. The van der Waals surface area contributed by atoms with Crippen LogP contribution in [0.2, 0.25) is 0 Å². The van der Waals surface area contributed by atoms with E-state index in [2.05, 4.69) is 10.3 Å². The molecular weight excluding hydrogens is 264 g/mol. The number of hydrogen-bond donors (Lipinski definition) is 2. The molecule has 21 heavy (non-hydrogen) atoms. The zero-order valence-electron chi connectivity index (χ0n) is 12.0. The van der Waals surface area contributed by atoms with Gasteiger partial charge in [0.25, 0.3) is 5.91 Å². The van der Waals surface area contributed by atoms with E-state index < -0.39 is 5.60 Å². The van der Waals surface area contributed by atoms with E-state index in [4.69, 9.17) is 0 Å². The Bertz CT molecular complexity index is 678. The first-order valence-corrected chi connectivity index (χ1v) is 7.14. The zero-order chi connectivity index (χ0) is 14.9. The van der Waals surface area contributed by atoms with E-state index in [0.29, 0.717) is 11.4 Å². The number of hydrogen-bond acceptors (Lipinski definition) is 3. The average Bonchev–Trinajstić information content (AvgIpc) is 2.45. The highest BCUT2D eigenvalue weighted by Gasteiger charge is 2.36. The molecule has 0 spiro atoms. The highest BCUT2D eigenvalue weighted by molar-refractivity contribution is 6.03. The van der Waals surface area contributed by atoms with Crippen LogP contribution < -0.4 is 5.32 Å². The Morgan fingerprint density at radius 2 is 2.10 bits per heavy atom. The van der Waals surface area contributed by atoms with Crippen LogP contribution >= 0.6 is 0 Å². The first-order valence-electron chi connectivity index (χ1n) is 7.14. The number of carbonyl (C=O) groups is 1. The van der Waals surface area contributed by atoms with Crippen molar-refractivity contribution in [1.82, 2.24) is 4.98 Å². The smallest absolute Gasteiger partial charge is 0.256 e. The summed E-state index contributed by atoms with van der Waals surface area (Å²) >= 11 is 0. The van der Waals surface area contributed by atoms with Crippen LogP contribution in [0.4, 0.5) is 5.82 Å². The van der Waals surface area contributed by atoms with Gasteiger partial charge in [-0.3, -0.25) is 4.79 Å². The van der Waals surface area contributed by atoms with Crippen LogP contribution in [0.3, 0.4) is 0 Å². The van der Waals surface area contributed by atoms with Gasteiger partial charge in [-0.05, 0) is 56.0 Å². The van der Waals surface area contributed by atoms with Crippen molar-refractivity contribution in [1.29, 1.82) is 0 Å². The molecule has 1 aliphatic rings. The highest BCUT2D eigenvalue weighted by Crippen LogP contribution is 2.41. The fourth-order valence-corrected chi connectivity index (χ4v) is 2.56. The summed E-state index contributed by atoms with van der Waals surface area (Å²) in [7, 11) is 0. The normalized spacial score (nSPS) is 16.1. The quantitative estimate of drug-likeness (QED) is 0.909. The fourth-order valence-electron chi connectivity index (χ4n) is 2.56. The van der Waals surface area contributed by atoms with Gasteiger partial charge in [-0.2, -0.15) is 0 Å². The number of aryl methyl sites for hydroxylation is 1. The fraction of sp³-hybridized carbons (Fsp3) is 0.294.